The molecule has 1 heterocycles. The van der Waals surface area contributed by atoms with Gasteiger partial charge in [0.15, 0.2) is 0 Å². The van der Waals surface area contributed by atoms with Crippen LogP contribution in [0.15, 0.2) is 0 Å². The van der Waals surface area contributed by atoms with Crippen LogP contribution in [-0.4, -0.2) is 40.2 Å². The molecule has 0 atom stereocenters. The molecule has 1 saturated heterocycles. The van der Waals surface area contributed by atoms with Crippen molar-refractivity contribution in [1.82, 2.24) is 9.80 Å². The molecule has 4 amide bonds. The molecule has 1 aliphatic heterocycles. The Balaban J connectivity index is 3.09. The molecule has 0 radical (unpaired) electrons. The average Bonchev–Trinajstić information content (AvgIpc) is 2.14. The Morgan fingerprint density at radius 1 is 1.00 bits per heavy atom. The van der Waals surface area contributed by atoms with Crippen molar-refractivity contribution in [2.45, 2.75) is 26.3 Å². The van der Waals surface area contributed by atoms with E-state index in [1.165, 1.54) is 7.05 Å². The summed E-state index contributed by atoms with van der Waals surface area (Å²) in [6.45, 7) is 5.11. The maximum Gasteiger partial charge on any atom is 0.334 e. The second kappa shape index (κ2) is 2.55. The molecule has 0 aromatic carbocycles. The van der Waals surface area contributed by atoms with Crippen molar-refractivity contribution in [2.75, 3.05) is 7.05 Å². The summed E-state index contributed by atoms with van der Waals surface area (Å²) in [6, 6.07) is -0.553. The number of hydrogen-bond acceptors (Lipinski definition) is 3. The van der Waals surface area contributed by atoms with Crippen LogP contribution in [0.3, 0.4) is 0 Å². The van der Waals surface area contributed by atoms with Crippen molar-refractivity contribution in [3.05, 3.63) is 0 Å². The van der Waals surface area contributed by atoms with E-state index in [1.807, 2.05) is 0 Å². The lowest BCUT2D eigenvalue weighted by Crippen LogP contribution is -2.46. The molecule has 0 aliphatic carbocycles. The average molecular weight is 184 g/mol. The van der Waals surface area contributed by atoms with Crippen LogP contribution in [0.1, 0.15) is 20.8 Å². The highest BCUT2D eigenvalue weighted by Gasteiger charge is 2.47. The fourth-order valence-corrected chi connectivity index (χ4v) is 1.15. The fraction of sp³-hybridized carbons (Fsp3) is 0.625. The van der Waals surface area contributed by atoms with Crippen LogP contribution in [0.25, 0.3) is 0 Å². The van der Waals surface area contributed by atoms with Crippen LogP contribution in [0.4, 0.5) is 4.79 Å². The van der Waals surface area contributed by atoms with Gasteiger partial charge in [-0.15, -0.1) is 0 Å². The van der Waals surface area contributed by atoms with Crippen LogP contribution in [0.2, 0.25) is 0 Å². The van der Waals surface area contributed by atoms with E-state index in [9.17, 15) is 14.4 Å². The molecule has 1 aliphatic rings. The number of nitrogens with zero attached hydrogens (tertiary/aromatic N) is 2. The highest BCUT2D eigenvalue weighted by Crippen LogP contribution is 2.21. The summed E-state index contributed by atoms with van der Waals surface area (Å²) in [4.78, 5) is 35.6. The fourth-order valence-electron chi connectivity index (χ4n) is 1.15. The second-order valence-corrected chi connectivity index (χ2v) is 3.96. The van der Waals surface area contributed by atoms with Gasteiger partial charge in [0.05, 0.1) is 0 Å². The Morgan fingerprint density at radius 2 is 1.46 bits per heavy atom. The lowest BCUT2D eigenvalue weighted by molar-refractivity contribution is -0.144. The first-order chi connectivity index (χ1) is 5.76. The molecular weight excluding hydrogens is 172 g/mol. The lowest BCUT2D eigenvalue weighted by Gasteiger charge is -2.28. The highest BCUT2D eigenvalue weighted by atomic mass is 16.2. The van der Waals surface area contributed by atoms with Crippen molar-refractivity contribution in [1.29, 1.82) is 0 Å². The van der Waals surface area contributed by atoms with Crippen LogP contribution in [0.5, 0.6) is 0 Å². The summed E-state index contributed by atoms with van der Waals surface area (Å²) in [6.07, 6.45) is 0. The minimum atomic E-state index is -0.764. The van der Waals surface area contributed by atoms with Gasteiger partial charge in [0.2, 0.25) is 0 Å². The standard InChI is InChI=1S/C8H12N2O3/c1-8(2,3)10-6(12)5(11)9(4)7(10)13/h1-4H3. The predicted molar refractivity (Wildman–Crippen MR) is 44.8 cm³/mol. The monoisotopic (exact) mass is 184 g/mol. The molecule has 1 rings (SSSR count). The zero-order valence-electron chi connectivity index (χ0n) is 8.12. The quantitative estimate of drug-likeness (QED) is 0.399. The zero-order valence-corrected chi connectivity index (χ0v) is 8.12. The first-order valence-corrected chi connectivity index (χ1v) is 3.93. The van der Waals surface area contributed by atoms with Crippen molar-refractivity contribution < 1.29 is 14.4 Å². The molecule has 5 nitrogen and oxygen atoms in total. The van der Waals surface area contributed by atoms with Gasteiger partial charge in [0, 0.05) is 12.6 Å². The molecule has 0 unspecified atom stereocenters. The number of amides is 4. The summed E-state index contributed by atoms with van der Waals surface area (Å²) in [5.41, 5.74) is -0.644. The number of hydrogen-bond donors (Lipinski definition) is 0. The van der Waals surface area contributed by atoms with Crippen molar-refractivity contribution >= 4 is 17.8 Å². The van der Waals surface area contributed by atoms with Gasteiger partial charge >= 0.3 is 17.8 Å². The molecule has 0 spiro atoms. The van der Waals surface area contributed by atoms with E-state index >= 15 is 0 Å². The van der Waals surface area contributed by atoms with Crippen LogP contribution >= 0.6 is 0 Å². The largest absolute Gasteiger partial charge is 0.334 e. The number of urea groups is 1. The second-order valence-electron chi connectivity index (χ2n) is 3.96. The zero-order chi connectivity index (χ0) is 10.4. The van der Waals surface area contributed by atoms with E-state index in [-0.39, 0.29) is 0 Å². The maximum atomic E-state index is 11.4. The normalized spacial score (nSPS) is 18.9. The number of likely N-dealkylation sites (N-methyl/N-ethyl adjacent to an activating group) is 1. The van der Waals surface area contributed by atoms with Crippen LogP contribution < -0.4 is 0 Å². The molecule has 1 fully saturated rings. The summed E-state index contributed by atoms with van der Waals surface area (Å²) in [5.74, 6) is -1.51. The lowest BCUT2D eigenvalue weighted by atomic mass is 10.1. The van der Waals surface area contributed by atoms with E-state index in [2.05, 4.69) is 0 Å². The van der Waals surface area contributed by atoms with Crippen molar-refractivity contribution in [3.63, 3.8) is 0 Å². The number of carbonyl (C=O) groups excluding carboxylic acids is 3. The van der Waals surface area contributed by atoms with Crippen molar-refractivity contribution in [3.8, 4) is 0 Å². The molecule has 72 valence electrons. The Kier molecular flexibility index (Phi) is 1.90. The molecular formula is C8H12N2O3. The first-order valence-electron chi connectivity index (χ1n) is 3.93. The van der Waals surface area contributed by atoms with Gasteiger partial charge in [0.25, 0.3) is 0 Å². The van der Waals surface area contributed by atoms with Crippen LogP contribution in [0, 0.1) is 0 Å². The smallest absolute Gasteiger partial charge is 0.263 e. The molecule has 5 heteroatoms. The van der Waals surface area contributed by atoms with E-state index < -0.39 is 23.4 Å². The van der Waals surface area contributed by atoms with E-state index in [0.29, 0.717) is 0 Å². The molecule has 0 saturated carbocycles. The van der Waals surface area contributed by atoms with E-state index in [1.54, 1.807) is 20.8 Å². The predicted octanol–water partition coefficient (Wildman–Crippen LogP) is 0.205. The van der Waals surface area contributed by atoms with Gasteiger partial charge < -0.3 is 0 Å². The summed E-state index contributed by atoms with van der Waals surface area (Å²) < 4.78 is 0. The van der Waals surface area contributed by atoms with Gasteiger partial charge in [-0.1, -0.05) is 0 Å². The minimum Gasteiger partial charge on any atom is -0.263 e. The Hall–Kier alpha value is -1.39. The topological polar surface area (TPSA) is 57.7 Å². The van der Waals surface area contributed by atoms with Crippen LogP contribution in [-0.2, 0) is 9.59 Å². The maximum absolute atomic E-state index is 11.4. The molecule has 0 aromatic heterocycles. The van der Waals surface area contributed by atoms with Crippen molar-refractivity contribution in [2.24, 2.45) is 0 Å². The Morgan fingerprint density at radius 3 is 1.62 bits per heavy atom. The Bertz CT molecular complexity index is 290. The minimum absolute atomic E-state index is 0.553. The summed E-state index contributed by atoms with van der Waals surface area (Å²) in [7, 11) is 1.30. The Labute approximate surface area is 76.3 Å². The number of imide groups is 2. The third-order valence-electron chi connectivity index (χ3n) is 1.84. The van der Waals surface area contributed by atoms with Gasteiger partial charge in [-0.2, -0.15) is 0 Å². The first kappa shape index (κ1) is 9.70. The molecule has 0 bridgehead atoms. The van der Waals surface area contributed by atoms with Gasteiger partial charge in [0.1, 0.15) is 0 Å². The third-order valence-corrected chi connectivity index (χ3v) is 1.84. The molecule has 0 N–H and O–H groups in total. The summed E-state index contributed by atoms with van der Waals surface area (Å²) >= 11 is 0. The van der Waals surface area contributed by atoms with Gasteiger partial charge in [-0.05, 0) is 20.8 Å². The van der Waals surface area contributed by atoms with Gasteiger partial charge in [-0.25, -0.2) is 4.79 Å². The highest BCUT2D eigenvalue weighted by molar-refractivity contribution is 6.44. The van der Waals surface area contributed by atoms with Gasteiger partial charge in [-0.3, -0.25) is 19.4 Å². The third kappa shape index (κ3) is 1.30. The van der Waals surface area contributed by atoms with E-state index in [4.69, 9.17) is 0 Å². The molecule has 13 heavy (non-hydrogen) atoms. The van der Waals surface area contributed by atoms with E-state index in [0.717, 1.165) is 9.80 Å². The number of carbonyl (C=O) groups is 3. The molecule has 0 aromatic rings. The SMILES string of the molecule is CN1C(=O)C(=O)N(C(C)(C)C)C1=O. The summed E-state index contributed by atoms with van der Waals surface area (Å²) in [5, 5.41) is 0. The number of rotatable bonds is 0.